The van der Waals surface area contributed by atoms with Gasteiger partial charge in [-0.3, -0.25) is 0 Å². The van der Waals surface area contributed by atoms with Crippen molar-refractivity contribution in [1.29, 1.82) is 0 Å². The van der Waals surface area contributed by atoms with E-state index in [1.807, 2.05) is 12.1 Å². The molecule has 3 rings (SSSR count). The summed E-state index contributed by atoms with van der Waals surface area (Å²) in [5.41, 5.74) is 3.23. The number of nitrogens with zero attached hydrogens (tertiary/aromatic N) is 2. The Balaban J connectivity index is 1.69. The third kappa shape index (κ3) is 2.51. The van der Waals surface area contributed by atoms with Crippen LogP contribution in [0.3, 0.4) is 0 Å². The first kappa shape index (κ1) is 11.2. The van der Waals surface area contributed by atoms with E-state index < -0.39 is 0 Å². The van der Waals surface area contributed by atoms with E-state index in [1.54, 1.807) is 0 Å². The topological polar surface area (TPSA) is 47.0 Å². The Labute approximate surface area is 107 Å². The molecule has 0 saturated carbocycles. The minimum atomic E-state index is 0.0544. The van der Waals surface area contributed by atoms with Crippen LogP contribution in [0.15, 0.2) is 18.2 Å². The molecule has 1 N–H and O–H groups in total. The molecule has 1 aliphatic heterocycles. The van der Waals surface area contributed by atoms with Gasteiger partial charge in [-0.1, -0.05) is 0 Å². The number of benzene rings is 1. The number of anilines is 1. The van der Waals surface area contributed by atoms with Crippen molar-refractivity contribution in [2.75, 3.05) is 25.1 Å². The van der Waals surface area contributed by atoms with Gasteiger partial charge in [-0.25, -0.2) is 0 Å². The zero-order chi connectivity index (χ0) is 11.5. The van der Waals surface area contributed by atoms with Crippen LogP contribution in [-0.4, -0.2) is 42.7 Å². The van der Waals surface area contributed by atoms with Gasteiger partial charge in [0, 0.05) is 0 Å². The van der Waals surface area contributed by atoms with Crippen LogP contribution in [0.5, 0.6) is 0 Å². The van der Waals surface area contributed by atoms with E-state index in [0.717, 1.165) is 55.2 Å². The van der Waals surface area contributed by atoms with Crippen LogP contribution in [0, 0.1) is 5.92 Å². The molecule has 1 fully saturated rings. The normalized spacial score (nSPS) is 17.4. The fraction of sp³-hybridized carbons (Fsp3) is 0.500. The molecule has 17 heavy (non-hydrogen) atoms. The molecule has 1 saturated heterocycles. The van der Waals surface area contributed by atoms with Crippen molar-refractivity contribution >= 4 is 31.7 Å². The number of hydrogen-bond acceptors (Lipinski definition) is 4. The molecule has 1 aromatic carbocycles. The zero-order valence-corrected chi connectivity index (χ0v) is 11.3. The molecule has 0 amide bonds. The van der Waals surface area contributed by atoms with Crippen LogP contribution in [-0.2, 0) is 4.74 Å². The molecule has 1 aliphatic rings. The Kier molecular flexibility index (Phi) is 3.41. The maximum atomic E-state index is 5.37. The summed E-state index contributed by atoms with van der Waals surface area (Å²) in [6.07, 6.45) is 2.32. The molecule has 0 unspecified atom stereocenters. The summed E-state index contributed by atoms with van der Waals surface area (Å²) in [6.45, 7) is 2.83. The van der Waals surface area contributed by atoms with Crippen molar-refractivity contribution in [2.45, 2.75) is 12.8 Å². The number of hydrogen-bond donors (Lipinski definition) is 1. The second-order valence-electron chi connectivity index (χ2n) is 4.37. The van der Waals surface area contributed by atoms with Crippen molar-refractivity contribution in [3.8, 4) is 0 Å². The number of aromatic nitrogens is 2. The van der Waals surface area contributed by atoms with Gasteiger partial charge < -0.3 is 0 Å². The molecule has 5 heteroatoms. The summed E-state index contributed by atoms with van der Waals surface area (Å²) in [5, 5.41) is 3.52. The number of ether oxygens (including phenoxy) is 1. The van der Waals surface area contributed by atoms with Gasteiger partial charge in [0.15, 0.2) is 0 Å². The van der Waals surface area contributed by atoms with Gasteiger partial charge in [-0.15, -0.1) is 0 Å². The van der Waals surface area contributed by atoms with Crippen molar-refractivity contribution in [3.63, 3.8) is 0 Å². The Morgan fingerprint density at radius 3 is 3.06 bits per heavy atom. The van der Waals surface area contributed by atoms with Crippen molar-refractivity contribution in [3.05, 3.63) is 18.2 Å². The second-order valence-corrected chi connectivity index (χ2v) is 5.48. The van der Waals surface area contributed by atoms with Gasteiger partial charge in [-0.2, -0.15) is 0 Å². The fourth-order valence-electron chi connectivity index (χ4n) is 2.15. The van der Waals surface area contributed by atoms with Gasteiger partial charge >= 0.3 is 106 Å². The predicted octanol–water partition coefficient (Wildman–Crippen LogP) is 1.53. The van der Waals surface area contributed by atoms with Gasteiger partial charge in [0.05, 0.1) is 0 Å². The quantitative estimate of drug-likeness (QED) is 0.873. The van der Waals surface area contributed by atoms with Gasteiger partial charge in [0.25, 0.3) is 0 Å². The summed E-state index contributed by atoms with van der Waals surface area (Å²) < 4.78 is 14.2. The van der Waals surface area contributed by atoms with E-state index in [9.17, 15) is 0 Å². The molecule has 0 radical (unpaired) electrons. The minimum absolute atomic E-state index is 0.0544. The molecule has 0 bridgehead atoms. The third-order valence-corrected chi connectivity index (χ3v) is 4.35. The molecular weight excluding hydrogens is 281 g/mol. The van der Waals surface area contributed by atoms with E-state index in [0.29, 0.717) is 0 Å². The number of nitrogens with one attached hydrogen (secondary N) is 1. The molecule has 0 atom stereocenters. The SMILES string of the molecule is c1cc(NCC2CCOCC2)c2n[se]nc2c1. The standard InChI is InChI=1S/C12H15N3OSe/c1-2-10(12-11(3-1)14-17-15-12)13-8-9-4-6-16-7-5-9/h1-3,9,13H,4-8H2. The van der Waals surface area contributed by atoms with Crippen molar-refractivity contribution in [2.24, 2.45) is 5.92 Å². The maximum absolute atomic E-state index is 5.37. The predicted molar refractivity (Wildman–Crippen MR) is 68.5 cm³/mol. The zero-order valence-electron chi connectivity index (χ0n) is 9.56. The van der Waals surface area contributed by atoms with E-state index in [4.69, 9.17) is 4.74 Å². The first-order valence-electron chi connectivity index (χ1n) is 5.96. The number of fused-ring (bicyclic) bond motifs is 1. The van der Waals surface area contributed by atoms with E-state index in [2.05, 4.69) is 19.3 Å². The Hall–Kier alpha value is -0.901. The van der Waals surface area contributed by atoms with Crippen LogP contribution in [0.4, 0.5) is 5.69 Å². The summed E-state index contributed by atoms with van der Waals surface area (Å²) in [5.74, 6) is 0.725. The first-order chi connectivity index (χ1) is 8.43. The third-order valence-electron chi connectivity index (χ3n) is 3.21. The van der Waals surface area contributed by atoms with Gasteiger partial charge in [-0.05, 0) is 0 Å². The van der Waals surface area contributed by atoms with Crippen molar-refractivity contribution in [1.82, 2.24) is 7.96 Å². The molecule has 1 aromatic heterocycles. The average molecular weight is 296 g/mol. The fourth-order valence-corrected chi connectivity index (χ4v) is 3.31. The van der Waals surface area contributed by atoms with E-state index in [1.165, 1.54) is 0 Å². The Bertz CT molecular complexity index is 493. The Morgan fingerprint density at radius 1 is 1.29 bits per heavy atom. The molecular formula is C12H15N3OSe. The average Bonchev–Trinajstić information content (AvgIpc) is 2.86. The molecule has 2 heterocycles. The van der Waals surface area contributed by atoms with Crippen LogP contribution in [0.2, 0.25) is 0 Å². The van der Waals surface area contributed by atoms with Crippen LogP contribution < -0.4 is 5.32 Å². The summed E-state index contributed by atoms with van der Waals surface area (Å²) >= 11 is 0.0544. The van der Waals surface area contributed by atoms with Gasteiger partial charge in [0.1, 0.15) is 0 Å². The van der Waals surface area contributed by atoms with Crippen LogP contribution in [0.25, 0.3) is 11.0 Å². The van der Waals surface area contributed by atoms with E-state index in [-0.39, 0.29) is 15.0 Å². The molecule has 0 aliphatic carbocycles. The summed E-state index contributed by atoms with van der Waals surface area (Å²) in [7, 11) is 0. The molecule has 0 spiro atoms. The monoisotopic (exact) mass is 297 g/mol. The summed E-state index contributed by atoms with van der Waals surface area (Å²) in [4.78, 5) is 0. The second kappa shape index (κ2) is 5.17. The van der Waals surface area contributed by atoms with Crippen molar-refractivity contribution < 1.29 is 4.74 Å². The molecule has 90 valence electrons. The van der Waals surface area contributed by atoms with Crippen LogP contribution >= 0.6 is 0 Å². The van der Waals surface area contributed by atoms with E-state index >= 15 is 0 Å². The van der Waals surface area contributed by atoms with Crippen LogP contribution in [0.1, 0.15) is 12.8 Å². The molecule has 2 aromatic rings. The number of rotatable bonds is 3. The van der Waals surface area contributed by atoms with Gasteiger partial charge in [0.2, 0.25) is 0 Å². The Morgan fingerprint density at radius 2 is 2.18 bits per heavy atom. The first-order valence-corrected chi connectivity index (χ1v) is 7.49. The summed E-state index contributed by atoms with van der Waals surface area (Å²) in [6, 6.07) is 6.18. The molecule has 4 nitrogen and oxygen atoms in total.